The first-order valence-electron chi connectivity index (χ1n) is 5.86. The first-order valence-corrected chi connectivity index (χ1v) is 7.30. The Morgan fingerprint density at radius 3 is 2.62 bits per heavy atom. The van der Waals surface area contributed by atoms with Gasteiger partial charge in [-0.3, -0.25) is 0 Å². The maximum absolute atomic E-state index is 13.7. The summed E-state index contributed by atoms with van der Waals surface area (Å²) in [5.74, 6) is -2.43. The predicted molar refractivity (Wildman–Crippen MR) is 71.1 cm³/mol. The van der Waals surface area contributed by atoms with E-state index in [-0.39, 0.29) is 18.7 Å². The molecule has 1 atom stereocenters. The van der Waals surface area contributed by atoms with Crippen LogP contribution in [-0.2, 0) is 14.8 Å². The molecule has 21 heavy (non-hydrogen) atoms. The van der Waals surface area contributed by atoms with Crippen molar-refractivity contribution in [1.82, 2.24) is 4.31 Å². The second-order valence-corrected chi connectivity index (χ2v) is 6.36. The van der Waals surface area contributed by atoms with E-state index in [1.807, 2.05) is 0 Å². The molecule has 0 saturated heterocycles. The van der Waals surface area contributed by atoms with Gasteiger partial charge in [-0.25, -0.2) is 17.6 Å². The molecule has 1 rings (SSSR count). The average Bonchev–Trinajstić information content (AvgIpc) is 2.38. The molecule has 0 aliphatic carbocycles. The highest BCUT2D eigenvalue weighted by atomic mass is 32.2. The van der Waals surface area contributed by atoms with Crippen LogP contribution in [0, 0.1) is 5.82 Å². The van der Waals surface area contributed by atoms with E-state index in [2.05, 4.69) is 4.74 Å². The second kappa shape index (κ2) is 6.94. The largest absolute Gasteiger partial charge is 0.478 e. The third-order valence-electron chi connectivity index (χ3n) is 2.69. The molecule has 0 aromatic heterocycles. The lowest BCUT2D eigenvalue weighted by atomic mass is 10.2. The summed E-state index contributed by atoms with van der Waals surface area (Å²) >= 11 is 0. The number of hydrogen-bond donors (Lipinski definition) is 2. The Hall–Kier alpha value is -1.55. The predicted octanol–water partition coefficient (Wildman–Crippen LogP) is 0.152. The number of benzene rings is 1. The summed E-state index contributed by atoms with van der Waals surface area (Å²) in [6.45, 7) is -0.398. The number of sulfonamides is 1. The fourth-order valence-corrected chi connectivity index (χ4v) is 2.94. The van der Waals surface area contributed by atoms with Crippen molar-refractivity contribution < 1.29 is 32.6 Å². The number of carboxylic acids is 1. The van der Waals surface area contributed by atoms with E-state index in [9.17, 15) is 22.7 Å². The molecule has 1 unspecified atom stereocenters. The topological polar surface area (TPSA) is 104 Å². The number of ether oxygens (including phenoxy) is 1. The quantitative estimate of drug-likeness (QED) is 0.741. The highest BCUT2D eigenvalue weighted by Gasteiger charge is 2.27. The molecular weight excluding hydrogens is 305 g/mol. The molecule has 9 heteroatoms. The van der Waals surface area contributed by atoms with Crippen molar-refractivity contribution in [2.24, 2.45) is 0 Å². The Kier molecular flexibility index (Phi) is 5.78. The summed E-state index contributed by atoms with van der Waals surface area (Å²) in [6.07, 6.45) is -1.08. The van der Waals surface area contributed by atoms with Gasteiger partial charge in [-0.1, -0.05) is 0 Å². The van der Waals surface area contributed by atoms with E-state index >= 15 is 0 Å². The number of nitrogens with zero attached hydrogens (tertiary/aromatic N) is 1. The molecule has 0 aliphatic rings. The number of methoxy groups -OCH3 is 1. The number of carbonyl (C=O) groups is 1. The van der Waals surface area contributed by atoms with Crippen LogP contribution in [0.2, 0.25) is 0 Å². The van der Waals surface area contributed by atoms with Crippen molar-refractivity contribution in [2.75, 3.05) is 27.3 Å². The normalized spacial score (nSPS) is 13.4. The van der Waals surface area contributed by atoms with Crippen molar-refractivity contribution >= 4 is 16.0 Å². The van der Waals surface area contributed by atoms with E-state index in [4.69, 9.17) is 5.11 Å². The van der Waals surface area contributed by atoms with Crippen LogP contribution in [0.25, 0.3) is 0 Å². The molecule has 0 bridgehead atoms. The fourth-order valence-electron chi connectivity index (χ4n) is 1.64. The monoisotopic (exact) mass is 321 g/mol. The van der Waals surface area contributed by atoms with Gasteiger partial charge in [-0.2, -0.15) is 4.31 Å². The molecule has 1 aromatic carbocycles. The highest BCUT2D eigenvalue weighted by Crippen LogP contribution is 2.20. The van der Waals surface area contributed by atoms with Crippen LogP contribution in [0.5, 0.6) is 0 Å². The van der Waals surface area contributed by atoms with Crippen LogP contribution in [-0.4, -0.2) is 62.3 Å². The summed E-state index contributed by atoms with van der Waals surface area (Å²) in [6, 6.07) is 2.48. The Morgan fingerprint density at radius 1 is 1.48 bits per heavy atom. The van der Waals surface area contributed by atoms with Gasteiger partial charge in [0, 0.05) is 20.7 Å². The number of halogens is 1. The standard InChI is InChI=1S/C12H16FNO6S/c1-14(6-9(15)7-20-2)21(18,19)11-5-8(12(16)17)3-4-10(11)13/h3-5,9,15H,6-7H2,1-2H3,(H,16,17). The second-order valence-electron chi connectivity index (χ2n) is 4.35. The summed E-state index contributed by atoms with van der Waals surface area (Å²) in [5.41, 5.74) is -0.346. The molecule has 0 amide bonds. The Labute approximate surface area is 121 Å². The molecule has 2 N–H and O–H groups in total. The number of aliphatic hydroxyl groups is 1. The number of hydrogen-bond acceptors (Lipinski definition) is 5. The lowest BCUT2D eigenvalue weighted by Crippen LogP contribution is -2.36. The van der Waals surface area contributed by atoms with Crippen molar-refractivity contribution in [1.29, 1.82) is 0 Å². The van der Waals surface area contributed by atoms with Crippen LogP contribution in [0.4, 0.5) is 4.39 Å². The van der Waals surface area contributed by atoms with Crippen LogP contribution >= 0.6 is 0 Å². The molecule has 0 spiro atoms. The average molecular weight is 321 g/mol. The van der Waals surface area contributed by atoms with Gasteiger partial charge in [0.1, 0.15) is 10.7 Å². The van der Waals surface area contributed by atoms with Gasteiger partial charge < -0.3 is 14.9 Å². The van der Waals surface area contributed by atoms with Gasteiger partial charge >= 0.3 is 5.97 Å². The lowest BCUT2D eigenvalue weighted by Gasteiger charge is -2.20. The minimum Gasteiger partial charge on any atom is -0.478 e. The zero-order valence-electron chi connectivity index (χ0n) is 11.5. The molecular formula is C12H16FNO6S. The maximum atomic E-state index is 13.7. The number of aliphatic hydroxyl groups excluding tert-OH is 1. The third-order valence-corrected chi connectivity index (χ3v) is 4.53. The van der Waals surface area contributed by atoms with Crippen molar-refractivity contribution in [2.45, 2.75) is 11.0 Å². The van der Waals surface area contributed by atoms with Crippen molar-refractivity contribution in [3.05, 3.63) is 29.6 Å². The van der Waals surface area contributed by atoms with Gasteiger partial charge in [-0.15, -0.1) is 0 Å². The van der Waals surface area contributed by atoms with Crippen molar-refractivity contribution in [3.63, 3.8) is 0 Å². The molecule has 0 aliphatic heterocycles. The van der Waals surface area contributed by atoms with Crippen molar-refractivity contribution in [3.8, 4) is 0 Å². The first kappa shape index (κ1) is 17.5. The maximum Gasteiger partial charge on any atom is 0.335 e. The number of likely N-dealkylation sites (N-methyl/N-ethyl adjacent to an activating group) is 1. The Balaban J connectivity index is 3.12. The minimum atomic E-state index is -4.26. The van der Waals surface area contributed by atoms with E-state index in [0.717, 1.165) is 29.6 Å². The summed E-state index contributed by atoms with van der Waals surface area (Å²) in [5, 5.41) is 18.4. The number of rotatable bonds is 7. The number of carboxylic acid groups (broad SMARTS) is 1. The molecule has 0 heterocycles. The molecule has 1 aromatic rings. The molecule has 0 fully saturated rings. The third kappa shape index (κ3) is 4.21. The van der Waals surface area contributed by atoms with E-state index in [1.54, 1.807) is 0 Å². The molecule has 0 saturated carbocycles. The molecule has 0 radical (unpaired) electrons. The fraction of sp³-hybridized carbons (Fsp3) is 0.417. The minimum absolute atomic E-state index is 0.0858. The highest BCUT2D eigenvalue weighted by molar-refractivity contribution is 7.89. The lowest BCUT2D eigenvalue weighted by molar-refractivity contribution is 0.0553. The van der Waals surface area contributed by atoms with Crippen LogP contribution < -0.4 is 0 Å². The molecule has 7 nitrogen and oxygen atoms in total. The van der Waals surface area contributed by atoms with E-state index in [0.29, 0.717) is 0 Å². The van der Waals surface area contributed by atoms with Gasteiger partial charge in [0.05, 0.1) is 18.3 Å². The van der Waals surface area contributed by atoms with Crippen LogP contribution in [0.1, 0.15) is 10.4 Å². The smallest absolute Gasteiger partial charge is 0.335 e. The van der Waals surface area contributed by atoms with Gasteiger partial charge in [0.25, 0.3) is 0 Å². The zero-order chi connectivity index (χ0) is 16.2. The van der Waals surface area contributed by atoms with E-state index in [1.165, 1.54) is 7.11 Å². The Morgan fingerprint density at radius 2 is 2.10 bits per heavy atom. The van der Waals surface area contributed by atoms with Gasteiger partial charge in [0.2, 0.25) is 10.0 Å². The van der Waals surface area contributed by atoms with Crippen LogP contribution in [0.15, 0.2) is 23.1 Å². The van der Waals surface area contributed by atoms with Crippen LogP contribution in [0.3, 0.4) is 0 Å². The SMILES string of the molecule is COCC(O)CN(C)S(=O)(=O)c1cc(C(=O)O)ccc1F. The van der Waals surface area contributed by atoms with Gasteiger partial charge in [-0.05, 0) is 18.2 Å². The number of aromatic carboxylic acids is 1. The first-order chi connectivity index (χ1) is 9.70. The molecule has 118 valence electrons. The van der Waals surface area contributed by atoms with E-state index < -0.39 is 32.8 Å². The zero-order valence-corrected chi connectivity index (χ0v) is 12.3. The Bertz CT molecular complexity index is 618. The summed E-state index contributed by atoms with van der Waals surface area (Å²) in [7, 11) is -1.76. The summed E-state index contributed by atoms with van der Waals surface area (Å²) < 4.78 is 43.5. The summed E-state index contributed by atoms with van der Waals surface area (Å²) in [4.78, 5) is 10.1. The van der Waals surface area contributed by atoms with Gasteiger partial charge in [0.15, 0.2) is 0 Å².